The lowest BCUT2D eigenvalue weighted by molar-refractivity contribution is -0.118. The Hall–Kier alpha value is -3.88. The minimum atomic E-state index is -0.613. The van der Waals surface area contributed by atoms with E-state index in [-0.39, 0.29) is 54.6 Å². The smallest absolute Gasteiger partial charge is 0.416 e. The summed E-state index contributed by atoms with van der Waals surface area (Å²) >= 11 is 0. The van der Waals surface area contributed by atoms with Gasteiger partial charge in [0.25, 0.3) is 11.8 Å². The van der Waals surface area contributed by atoms with Gasteiger partial charge in [-0.2, -0.15) is 0 Å². The molecule has 4 aliphatic rings. The SMILES string of the molecule is CN.O=C1COc2ncc(N3CC4(CCN(CC5Cc6cc7nc(CCO)oc7c(F)c6C5)CC4)OC3=O)nc2N1. The normalized spacial score (nSPS) is 21.2. The molecule has 7 rings (SSSR count). The second-order valence-corrected chi connectivity index (χ2v) is 10.7. The number of aromatic nitrogens is 3. The van der Waals surface area contributed by atoms with Crippen molar-refractivity contribution in [1.29, 1.82) is 0 Å². The van der Waals surface area contributed by atoms with E-state index in [0.29, 0.717) is 48.6 Å². The molecule has 2 saturated heterocycles. The molecule has 5 heterocycles. The number of carbonyl (C=O) groups is 2. The fourth-order valence-corrected chi connectivity index (χ4v) is 6.13. The molecule has 0 saturated carbocycles. The molecule has 1 atom stereocenters. The van der Waals surface area contributed by atoms with Crippen LogP contribution in [0.1, 0.15) is 29.9 Å². The number of nitrogens with two attached hydrogens (primary N) is 1. The van der Waals surface area contributed by atoms with Crippen LogP contribution in [0.25, 0.3) is 11.1 Å². The minimum Gasteiger partial charge on any atom is -0.465 e. The molecule has 2 amide bonds. The lowest BCUT2D eigenvalue weighted by Crippen LogP contribution is -2.48. The van der Waals surface area contributed by atoms with E-state index in [0.717, 1.165) is 31.6 Å². The molecule has 0 bridgehead atoms. The number of nitrogens with zero attached hydrogens (tertiary/aromatic N) is 5. The molecule has 3 aromatic rings. The van der Waals surface area contributed by atoms with Crippen molar-refractivity contribution in [1.82, 2.24) is 19.9 Å². The lowest BCUT2D eigenvalue weighted by atomic mass is 9.90. The van der Waals surface area contributed by atoms with Gasteiger partial charge in [-0.15, -0.1) is 0 Å². The first kappa shape index (κ1) is 27.3. The van der Waals surface area contributed by atoms with Gasteiger partial charge in [-0.3, -0.25) is 9.69 Å². The summed E-state index contributed by atoms with van der Waals surface area (Å²) in [6.07, 6.45) is 3.97. The standard InChI is InChI=1S/C26H27FN6O6.CH5N/c27-21-16-8-14(7-15(16)9-17-22(21)38-20(29-17)1-6-34)11-32-4-2-26(3-5-32)13-33(25(36)39-26)18-10-28-24-23(30-18)31-19(35)12-37-24;1-2/h9-10,14,34H,1-8,11-13H2,(H,30,31,35);2H2,1H3. The number of rotatable bonds is 5. The molecule has 4 N–H and O–H groups in total. The molecule has 1 spiro atoms. The molecule has 14 heteroatoms. The second-order valence-electron chi connectivity index (χ2n) is 10.7. The van der Waals surface area contributed by atoms with Crippen LogP contribution in [0.5, 0.6) is 5.88 Å². The molecular weight excluding hydrogens is 537 g/mol. The number of nitrogens with one attached hydrogen (secondary N) is 1. The van der Waals surface area contributed by atoms with Crippen LogP contribution < -0.4 is 20.7 Å². The Balaban J connectivity index is 0.00000148. The zero-order chi connectivity index (χ0) is 28.7. The van der Waals surface area contributed by atoms with E-state index >= 15 is 4.39 Å². The van der Waals surface area contributed by atoms with Crippen molar-refractivity contribution in [2.24, 2.45) is 11.7 Å². The highest BCUT2D eigenvalue weighted by Crippen LogP contribution is 2.38. The van der Waals surface area contributed by atoms with Gasteiger partial charge in [0.05, 0.1) is 19.3 Å². The van der Waals surface area contributed by atoms with Gasteiger partial charge in [0, 0.05) is 38.9 Å². The van der Waals surface area contributed by atoms with Crippen molar-refractivity contribution < 1.29 is 33.0 Å². The van der Waals surface area contributed by atoms with Crippen molar-refractivity contribution in [2.75, 3.05) is 56.7 Å². The van der Waals surface area contributed by atoms with Gasteiger partial charge in [0.2, 0.25) is 0 Å². The van der Waals surface area contributed by atoms with E-state index in [1.807, 2.05) is 6.07 Å². The quantitative estimate of drug-likeness (QED) is 0.406. The van der Waals surface area contributed by atoms with Crippen LogP contribution in [-0.4, -0.2) is 89.0 Å². The number of oxazole rings is 1. The summed E-state index contributed by atoms with van der Waals surface area (Å²) in [5, 5.41) is 11.7. The number of benzene rings is 1. The number of piperidine rings is 1. The fourth-order valence-electron chi connectivity index (χ4n) is 6.13. The van der Waals surface area contributed by atoms with Crippen LogP contribution in [0.4, 0.5) is 20.8 Å². The summed E-state index contributed by atoms with van der Waals surface area (Å²) in [5.74, 6) is 0.673. The Kier molecular flexibility index (Phi) is 7.21. The number of ether oxygens (including phenoxy) is 2. The zero-order valence-corrected chi connectivity index (χ0v) is 22.7. The van der Waals surface area contributed by atoms with Gasteiger partial charge in [-0.1, -0.05) is 0 Å². The number of hydrogen-bond donors (Lipinski definition) is 3. The minimum absolute atomic E-state index is 0.0955. The van der Waals surface area contributed by atoms with Crippen LogP contribution in [-0.2, 0) is 28.8 Å². The van der Waals surface area contributed by atoms with Crippen LogP contribution in [0.15, 0.2) is 16.7 Å². The summed E-state index contributed by atoms with van der Waals surface area (Å²) in [4.78, 5) is 41.1. The summed E-state index contributed by atoms with van der Waals surface area (Å²) in [7, 11) is 1.50. The van der Waals surface area contributed by atoms with Crippen LogP contribution in [0, 0.1) is 11.7 Å². The average Bonchev–Trinajstić information content (AvgIpc) is 3.66. The first-order valence-electron chi connectivity index (χ1n) is 13.7. The number of hydrogen-bond acceptors (Lipinski definition) is 11. The van der Waals surface area contributed by atoms with Gasteiger partial charge in [-0.05, 0) is 43.0 Å². The topological polar surface area (TPSA) is 169 Å². The van der Waals surface area contributed by atoms with E-state index in [2.05, 4.69) is 30.9 Å². The molecule has 218 valence electrons. The molecule has 1 unspecified atom stereocenters. The van der Waals surface area contributed by atoms with Crippen LogP contribution in [0.3, 0.4) is 0 Å². The second kappa shape index (κ2) is 10.8. The number of halogens is 1. The highest BCUT2D eigenvalue weighted by molar-refractivity contribution is 5.94. The Morgan fingerprint density at radius 1 is 1.22 bits per heavy atom. The molecule has 2 fully saturated rings. The number of likely N-dealkylation sites (tertiary alicyclic amines) is 1. The summed E-state index contributed by atoms with van der Waals surface area (Å²) < 4.78 is 31.9. The molecule has 1 aliphatic carbocycles. The maximum Gasteiger partial charge on any atom is 0.416 e. The Bertz CT molecular complexity index is 1490. The first-order valence-corrected chi connectivity index (χ1v) is 13.7. The Labute approximate surface area is 234 Å². The van der Waals surface area contributed by atoms with Crippen molar-refractivity contribution >= 4 is 34.7 Å². The highest BCUT2D eigenvalue weighted by Gasteiger charge is 2.48. The summed E-state index contributed by atoms with van der Waals surface area (Å²) in [6, 6.07) is 1.91. The molecule has 2 aromatic heterocycles. The number of anilines is 2. The van der Waals surface area contributed by atoms with E-state index < -0.39 is 11.7 Å². The fraction of sp³-hybridized carbons (Fsp3) is 0.519. The molecular formula is C27H32FN7O6. The predicted octanol–water partition coefficient (Wildman–Crippen LogP) is 1.40. The number of aliphatic hydroxyl groups excluding tert-OH is 1. The first-order chi connectivity index (χ1) is 19.9. The van der Waals surface area contributed by atoms with Gasteiger partial charge in [-0.25, -0.2) is 24.1 Å². The van der Waals surface area contributed by atoms with Crippen LogP contribution in [0.2, 0.25) is 0 Å². The van der Waals surface area contributed by atoms with Gasteiger partial charge in [0.1, 0.15) is 11.1 Å². The van der Waals surface area contributed by atoms with E-state index in [9.17, 15) is 9.59 Å². The summed E-state index contributed by atoms with van der Waals surface area (Å²) in [6.45, 7) is 2.47. The maximum atomic E-state index is 15.2. The largest absolute Gasteiger partial charge is 0.465 e. The molecule has 3 aliphatic heterocycles. The third-order valence-corrected chi connectivity index (χ3v) is 8.04. The third-order valence-electron chi connectivity index (χ3n) is 8.04. The van der Waals surface area contributed by atoms with Crippen molar-refractivity contribution in [3.63, 3.8) is 0 Å². The molecule has 1 aromatic carbocycles. The highest BCUT2D eigenvalue weighted by atomic mass is 19.1. The number of fused-ring (bicyclic) bond motifs is 3. The van der Waals surface area contributed by atoms with Crippen molar-refractivity contribution in [3.05, 3.63) is 35.1 Å². The zero-order valence-electron chi connectivity index (χ0n) is 22.7. The van der Waals surface area contributed by atoms with E-state index in [1.54, 1.807) is 0 Å². The number of amides is 2. The molecule has 41 heavy (non-hydrogen) atoms. The predicted molar refractivity (Wildman–Crippen MR) is 144 cm³/mol. The van der Waals surface area contributed by atoms with Crippen molar-refractivity contribution in [2.45, 2.75) is 37.7 Å². The third kappa shape index (κ3) is 5.06. The number of carbonyl (C=O) groups excluding carboxylic acids is 2. The van der Waals surface area contributed by atoms with Gasteiger partial charge in [0.15, 0.2) is 35.5 Å². The van der Waals surface area contributed by atoms with Crippen molar-refractivity contribution in [3.8, 4) is 5.88 Å². The lowest BCUT2D eigenvalue weighted by Gasteiger charge is -2.38. The Morgan fingerprint density at radius 3 is 2.80 bits per heavy atom. The average molecular weight is 570 g/mol. The number of aliphatic hydroxyl groups is 1. The maximum absolute atomic E-state index is 15.2. The van der Waals surface area contributed by atoms with E-state index in [1.165, 1.54) is 18.1 Å². The van der Waals surface area contributed by atoms with E-state index in [4.69, 9.17) is 19.0 Å². The molecule has 13 nitrogen and oxygen atoms in total. The van der Waals surface area contributed by atoms with Crippen LogP contribution >= 0.6 is 0 Å². The monoisotopic (exact) mass is 569 g/mol. The Morgan fingerprint density at radius 2 is 2.02 bits per heavy atom. The van der Waals surface area contributed by atoms with Gasteiger partial charge >= 0.3 is 6.09 Å². The molecule has 0 radical (unpaired) electrons. The summed E-state index contributed by atoms with van der Waals surface area (Å²) in [5.41, 5.74) is 6.22. The van der Waals surface area contributed by atoms with Gasteiger partial charge < -0.3 is 34.9 Å².